The van der Waals surface area contributed by atoms with Crippen LogP contribution in [-0.2, 0) is 9.59 Å². The van der Waals surface area contributed by atoms with Crippen molar-refractivity contribution in [3.8, 4) is 17.0 Å². The Morgan fingerprint density at radius 3 is 2.73 bits per heavy atom. The number of benzene rings is 2. The Labute approximate surface area is 178 Å². The average Bonchev–Trinajstić information content (AvgIpc) is 3.09. The quantitative estimate of drug-likeness (QED) is 0.605. The molecule has 0 fully saturated rings. The van der Waals surface area contributed by atoms with Gasteiger partial charge in [0, 0.05) is 21.7 Å². The van der Waals surface area contributed by atoms with E-state index in [4.69, 9.17) is 4.74 Å². The van der Waals surface area contributed by atoms with Crippen LogP contribution < -0.4 is 15.4 Å². The maximum atomic E-state index is 13.0. The maximum absolute atomic E-state index is 13.0. The zero-order valence-electron chi connectivity index (χ0n) is 16.9. The lowest BCUT2D eigenvalue weighted by Gasteiger charge is -2.24. The van der Waals surface area contributed by atoms with Crippen LogP contribution in [0.2, 0.25) is 0 Å². The summed E-state index contributed by atoms with van der Waals surface area (Å²) in [4.78, 5) is 26.4. The SMILES string of the molecule is COc1ccc(-c2nn3c(c2C)NC(=O)C[C@H]3C(=O)Nc2cccc(SC)c2)cc1. The van der Waals surface area contributed by atoms with Crippen LogP contribution in [0.15, 0.2) is 53.4 Å². The molecule has 0 bridgehead atoms. The molecule has 0 radical (unpaired) electrons. The van der Waals surface area contributed by atoms with Gasteiger partial charge in [0.05, 0.1) is 19.2 Å². The lowest BCUT2D eigenvalue weighted by molar-refractivity contribution is -0.125. The molecule has 3 aromatic rings. The first kappa shape index (κ1) is 20.0. The summed E-state index contributed by atoms with van der Waals surface area (Å²) in [6.07, 6.45) is 2.01. The Bertz CT molecular complexity index is 1110. The summed E-state index contributed by atoms with van der Waals surface area (Å²) < 4.78 is 6.83. The van der Waals surface area contributed by atoms with Crippen molar-refractivity contribution in [1.82, 2.24) is 9.78 Å². The molecule has 0 saturated heterocycles. The molecule has 7 nitrogen and oxygen atoms in total. The molecule has 0 spiro atoms. The number of anilines is 2. The van der Waals surface area contributed by atoms with Crippen molar-refractivity contribution in [3.05, 3.63) is 54.1 Å². The largest absolute Gasteiger partial charge is 0.497 e. The third-order valence-electron chi connectivity index (χ3n) is 5.08. The number of methoxy groups -OCH3 is 1. The van der Waals surface area contributed by atoms with Crippen LogP contribution in [0.25, 0.3) is 11.3 Å². The number of carbonyl (C=O) groups excluding carboxylic acids is 2. The van der Waals surface area contributed by atoms with Crippen LogP contribution in [0.4, 0.5) is 11.5 Å². The fourth-order valence-electron chi connectivity index (χ4n) is 3.49. The van der Waals surface area contributed by atoms with Gasteiger partial charge in [0.2, 0.25) is 11.8 Å². The van der Waals surface area contributed by atoms with Crippen LogP contribution >= 0.6 is 11.8 Å². The minimum atomic E-state index is -0.725. The first-order chi connectivity index (χ1) is 14.5. The molecular weight excluding hydrogens is 400 g/mol. The van der Waals surface area contributed by atoms with E-state index in [0.29, 0.717) is 11.5 Å². The predicted octanol–water partition coefficient (Wildman–Crippen LogP) is 4.11. The van der Waals surface area contributed by atoms with Crippen LogP contribution in [-0.4, -0.2) is 35.0 Å². The third kappa shape index (κ3) is 3.78. The molecule has 2 heterocycles. The monoisotopic (exact) mass is 422 g/mol. The molecular formula is C22H22N4O3S. The van der Waals surface area contributed by atoms with Gasteiger partial charge in [-0.1, -0.05) is 6.07 Å². The minimum absolute atomic E-state index is 0.0320. The summed E-state index contributed by atoms with van der Waals surface area (Å²) in [5.41, 5.74) is 3.11. The molecule has 0 aliphatic carbocycles. The van der Waals surface area contributed by atoms with Crippen molar-refractivity contribution in [1.29, 1.82) is 0 Å². The van der Waals surface area contributed by atoms with Gasteiger partial charge in [0.1, 0.15) is 17.6 Å². The highest BCUT2D eigenvalue weighted by Crippen LogP contribution is 2.35. The Morgan fingerprint density at radius 1 is 1.27 bits per heavy atom. The number of hydrogen-bond donors (Lipinski definition) is 2. The van der Waals surface area contributed by atoms with Crippen molar-refractivity contribution in [2.24, 2.45) is 0 Å². The van der Waals surface area contributed by atoms with E-state index in [1.165, 1.54) is 0 Å². The molecule has 2 amide bonds. The molecule has 0 unspecified atom stereocenters. The van der Waals surface area contributed by atoms with Crippen molar-refractivity contribution in [2.45, 2.75) is 24.3 Å². The number of rotatable bonds is 5. The molecule has 1 aliphatic rings. The van der Waals surface area contributed by atoms with Crippen LogP contribution in [0, 0.1) is 6.92 Å². The molecule has 154 valence electrons. The van der Waals surface area contributed by atoms with Gasteiger partial charge in [-0.3, -0.25) is 9.59 Å². The molecule has 1 atom stereocenters. The number of nitrogens with zero attached hydrogens (tertiary/aromatic N) is 2. The van der Waals surface area contributed by atoms with Crippen molar-refractivity contribution >= 4 is 35.1 Å². The zero-order valence-corrected chi connectivity index (χ0v) is 17.7. The van der Waals surface area contributed by atoms with Gasteiger partial charge in [0.15, 0.2) is 0 Å². The van der Waals surface area contributed by atoms with Gasteiger partial charge >= 0.3 is 0 Å². The standard InChI is InChI=1S/C22H22N4O3S/c1-13-20(14-7-9-16(29-2)10-8-14)25-26-18(12-19(27)24-21(13)26)22(28)23-15-5-4-6-17(11-15)30-3/h4-11,18H,12H2,1-3H3,(H,23,28)(H,24,27)/t18-/m0/s1. The number of fused-ring (bicyclic) bond motifs is 1. The second-order valence-electron chi connectivity index (χ2n) is 6.98. The number of aromatic nitrogens is 2. The van der Waals surface area contributed by atoms with E-state index in [9.17, 15) is 9.59 Å². The maximum Gasteiger partial charge on any atom is 0.249 e. The lowest BCUT2D eigenvalue weighted by atomic mass is 10.1. The molecule has 8 heteroatoms. The molecule has 1 aromatic heterocycles. The molecule has 30 heavy (non-hydrogen) atoms. The molecule has 4 rings (SSSR count). The summed E-state index contributed by atoms with van der Waals surface area (Å²) in [6, 6.07) is 14.4. The number of hydrogen-bond acceptors (Lipinski definition) is 5. The Morgan fingerprint density at radius 2 is 2.03 bits per heavy atom. The number of nitrogens with one attached hydrogen (secondary N) is 2. The van der Waals surface area contributed by atoms with Crippen LogP contribution in [0.5, 0.6) is 5.75 Å². The third-order valence-corrected chi connectivity index (χ3v) is 5.81. The number of thioether (sulfide) groups is 1. The first-order valence-electron chi connectivity index (χ1n) is 9.48. The van der Waals surface area contributed by atoms with Gasteiger partial charge < -0.3 is 15.4 Å². The topological polar surface area (TPSA) is 85.2 Å². The van der Waals surface area contributed by atoms with Crippen molar-refractivity contribution in [3.63, 3.8) is 0 Å². The minimum Gasteiger partial charge on any atom is -0.497 e. The van der Waals surface area contributed by atoms with E-state index in [1.54, 1.807) is 23.6 Å². The van der Waals surface area contributed by atoms with Gasteiger partial charge in [-0.05, 0) is 55.6 Å². The van der Waals surface area contributed by atoms with E-state index in [1.807, 2.05) is 61.7 Å². The highest BCUT2D eigenvalue weighted by atomic mass is 32.2. The Kier molecular flexibility index (Phi) is 5.50. The summed E-state index contributed by atoms with van der Waals surface area (Å²) in [5, 5.41) is 10.5. The van der Waals surface area contributed by atoms with Crippen molar-refractivity contribution in [2.75, 3.05) is 24.0 Å². The Hall–Kier alpha value is -3.26. The van der Waals surface area contributed by atoms with Crippen LogP contribution in [0.1, 0.15) is 18.0 Å². The fourth-order valence-corrected chi connectivity index (χ4v) is 3.95. The van der Waals surface area contributed by atoms with Gasteiger partial charge in [-0.2, -0.15) is 5.10 Å². The van der Waals surface area contributed by atoms with Crippen molar-refractivity contribution < 1.29 is 14.3 Å². The smallest absolute Gasteiger partial charge is 0.249 e. The van der Waals surface area contributed by atoms with E-state index in [0.717, 1.165) is 27.5 Å². The molecule has 2 N–H and O–H groups in total. The average molecular weight is 423 g/mol. The highest BCUT2D eigenvalue weighted by Gasteiger charge is 2.34. The van der Waals surface area contributed by atoms with E-state index in [2.05, 4.69) is 15.7 Å². The summed E-state index contributed by atoms with van der Waals surface area (Å²) >= 11 is 1.60. The normalized spacial score (nSPS) is 15.3. The van der Waals surface area contributed by atoms with Gasteiger partial charge in [-0.25, -0.2) is 4.68 Å². The Balaban J connectivity index is 1.67. The molecule has 0 saturated carbocycles. The second-order valence-corrected chi connectivity index (χ2v) is 7.86. The highest BCUT2D eigenvalue weighted by molar-refractivity contribution is 7.98. The van der Waals surface area contributed by atoms with Gasteiger partial charge in [0.25, 0.3) is 0 Å². The van der Waals surface area contributed by atoms with E-state index >= 15 is 0 Å². The fraction of sp³-hybridized carbons (Fsp3) is 0.227. The molecule has 1 aliphatic heterocycles. The molecule has 2 aromatic carbocycles. The number of amides is 2. The summed E-state index contributed by atoms with van der Waals surface area (Å²) in [6.45, 7) is 1.89. The van der Waals surface area contributed by atoms with Crippen LogP contribution in [0.3, 0.4) is 0 Å². The van der Waals surface area contributed by atoms with E-state index < -0.39 is 6.04 Å². The first-order valence-corrected chi connectivity index (χ1v) is 10.7. The predicted molar refractivity (Wildman–Crippen MR) is 118 cm³/mol. The summed E-state index contributed by atoms with van der Waals surface area (Å²) in [5.74, 6) is 0.825. The second kappa shape index (κ2) is 8.23. The lowest BCUT2D eigenvalue weighted by Crippen LogP contribution is -2.35. The zero-order chi connectivity index (χ0) is 21.3. The summed E-state index contributed by atoms with van der Waals surface area (Å²) in [7, 11) is 1.61. The van der Waals surface area contributed by atoms with Gasteiger partial charge in [-0.15, -0.1) is 11.8 Å². The number of ether oxygens (including phenoxy) is 1. The number of carbonyl (C=O) groups is 2. The van der Waals surface area contributed by atoms with E-state index in [-0.39, 0.29) is 18.2 Å².